The monoisotopic (exact) mass is 365 g/mol. The van der Waals surface area contributed by atoms with Gasteiger partial charge >= 0.3 is 0 Å². The van der Waals surface area contributed by atoms with Gasteiger partial charge in [0, 0.05) is 35.4 Å². The van der Waals surface area contributed by atoms with Crippen LogP contribution in [0.25, 0.3) is 4.96 Å². The maximum atomic E-state index is 12.4. The predicted octanol–water partition coefficient (Wildman–Crippen LogP) is 2.45. The van der Waals surface area contributed by atoms with Crippen LogP contribution >= 0.6 is 34.7 Å². The molecule has 0 N–H and O–H groups in total. The first-order chi connectivity index (χ1) is 10.1. The van der Waals surface area contributed by atoms with Crippen molar-refractivity contribution in [3.05, 3.63) is 17.3 Å². The molecule has 0 amide bonds. The zero-order valence-corrected chi connectivity index (χ0v) is 14.7. The van der Waals surface area contributed by atoms with Crippen LogP contribution in [0.2, 0.25) is 0 Å². The SMILES string of the molecule is CCS(=O)(=O)C1CSCCN1c1nc2sccn2c1CCl. The van der Waals surface area contributed by atoms with Crippen LogP contribution < -0.4 is 4.90 Å². The zero-order valence-electron chi connectivity index (χ0n) is 11.5. The maximum Gasteiger partial charge on any atom is 0.195 e. The van der Waals surface area contributed by atoms with Crippen molar-refractivity contribution >= 4 is 55.3 Å². The average Bonchev–Trinajstić information content (AvgIpc) is 3.07. The third-order valence-electron chi connectivity index (χ3n) is 3.64. The number of aromatic nitrogens is 2. The molecule has 0 aliphatic carbocycles. The van der Waals surface area contributed by atoms with E-state index in [0.29, 0.717) is 18.2 Å². The molecule has 3 rings (SSSR count). The number of hydrogen-bond donors (Lipinski definition) is 0. The molecule has 1 saturated heterocycles. The van der Waals surface area contributed by atoms with Crippen molar-refractivity contribution in [2.24, 2.45) is 0 Å². The first kappa shape index (κ1) is 15.5. The van der Waals surface area contributed by atoms with Gasteiger partial charge in [0.1, 0.15) is 5.37 Å². The summed E-state index contributed by atoms with van der Waals surface area (Å²) in [5.74, 6) is 2.67. The Morgan fingerprint density at radius 3 is 3.05 bits per heavy atom. The molecule has 1 atom stereocenters. The summed E-state index contributed by atoms with van der Waals surface area (Å²) in [7, 11) is -3.15. The van der Waals surface area contributed by atoms with Gasteiger partial charge in [-0.25, -0.2) is 13.4 Å². The lowest BCUT2D eigenvalue weighted by molar-refractivity contribution is 0.579. The molecule has 3 heterocycles. The van der Waals surface area contributed by atoms with Crippen LogP contribution in [-0.2, 0) is 15.7 Å². The van der Waals surface area contributed by atoms with Gasteiger partial charge in [0.25, 0.3) is 0 Å². The van der Waals surface area contributed by atoms with Gasteiger partial charge in [-0.3, -0.25) is 4.40 Å². The summed E-state index contributed by atoms with van der Waals surface area (Å²) in [6.07, 6.45) is 1.93. The fourth-order valence-electron chi connectivity index (χ4n) is 2.49. The molecule has 0 bridgehead atoms. The maximum absolute atomic E-state index is 12.4. The van der Waals surface area contributed by atoms with Crippen LogP contribution in [0, 0.1) is 0 Å². The van der Waals surface area contributed by atoms with E-state index in [1.54, 1.807) is 18.7 Å². The molecule has 0 saturated carbocycles. The molecule has 1 unspecified atom stereocenters. The summed E-state index contributed by atoms with van der Waals surface area (Å²) in [4.78, 5) is 7.39. The van der Waals surface area contributed by atoms with Crippen molar-refractivity contribution < 1.29 is 8.42 Å². The third-order valence-corrected chi connectivity index (χ3v) is 7.94. The highest BCUT2D eigenvalue weighted by atomic mass is 35.5. The minimum absolute atomic E-state index is 0.146. The molecule has 2 aromatic heterocycles. The topological polar surface area (TPSA) is 54.7 Å². The average molecular weight is 366 g/mol. The van der Waals surface area contributed by atoms with Crippen molar-refractivity contribution in [2.45, 2.75) is 18.2 Å². The van der Waals surface area contributed by atoms with E-state index in [4.69, 9.17) is 11.6 Å². The normalized spacial score (nSPS) is 20.3. The van der Waals surface area contributed by atoms with Crippen molar-refractivity contribution in [2.75, 3.05) is 28.7 Å². The number of halogens is 1. The van der Waals surface area contributed by atoms with Gasteiger partial charge in [0.2, 0.25) is 0 Å². The highest BCUT2D eigenvalue weighted by Gasteiger charge is 2.35. The molecule has 2 aromatic rings. The first-order valence-electron chi connectivity index (χ1n) is 6.65. The Kier molecular flexibility index (Phi) is 4.40. The number of nitrogens with zero attached hydrogens (tertiary/aromatic N) is 3. The summed E-state index contributed by atoms with van der Waals surface area (Å²) < 4.78 is 26.7. The third kappa shape index (κ3) is 2.67. The molecular weight excluding hydrogens is 350 g/mol. The van der Waals surface area contributed by atoms with E-state index in [1.165, 1.54) is 11.3 Å². The van der Waals surface area contributed by atoms with Crippen LogP contribution in [0.1, 0.15) is 12.6 Å². The smallest absolute Gasteiger partial charge is 0.195 e. The first-order valence-corrected chi connectivity index (χ1v) is 10.9. The predicted molar refractivity (Wildman–Crippen MR) is 90.5 cm³/mol. The largest absolute Gasteiger partial charge is 0.337 e. The molecule has 1 aliphatic rings. The number of hydrogen-bond acceptors (Lipinski definition) is 6. The molecule has 1 aliphatic heterocycles. The number of fused-ring (bicyclic) bond motifs is 1. The van der Waals surface area contributed by atoms with Gasteiger partial charge in [0.05, 0.1) is 11.6 Å². The fraction of sp³-hybridized carbons (Fsp3) is 0.583. The Morgan fingerprint density at radius 1 is 1.52 bits per heavy atom. The van der Waals surface area contributed by atoms with Gasteiger partial charge in [-0.15, -0.1) is 22.9 Å². The quantitative estimate of drug-likeness (QED) is 0.779. The second-order valence-corrected chi connectivity index (χ2v) is 9.48. The molecule has 116 valence electrons. The Labute approximate surface area is 137 Å². The summed E-state index contributed by atoms with van der Waals surface area (Å²) >= 11 is 9.30. The molecule has 9 heteroatoms. The van der Waals surface area contributed by atoms with E-state index in [-0.39, 0.29) is 5.75 Å². The lowest BCUT2D eigenvalue weighted by Crippen LogP contribution is -2.48. The number of imidazole rings is 1. The molecule has 1 fully saturated rings. The molecule has 5 nitrogen and oxygen atoms in total. The van der Waals surface area contributed by atoms with Gasteiger partial charge in [-0.05, 0) is 0 Å². The van der Waals surface area contributed by atoms with Crippen molar-refractivity contribution in [1.82, 2.24) is 9.38 Å². The van der Waals surface area contributed by atoms with E-state index in [9.17, 15) is 8.42 Å². The highest BCUT2D eigenvalue weighted by molar-refractivity contribution is 8.01. The molecule has 0 aromatic carbocycles. The van der Waals surface area contributed by atoms with Crippen LogP contribution in [0.15, 0.2) is 11.6 Å². The highest BCUT2D eigenvalue weighted by Crippen LogP contribution is 2.32. The van der Waals surface area contributed by atoms with Crippen LogP contribution in [0.4, 0.5) is 5.82 Å². The molecule has 0 radical (unpaired) electrons. The lowest BCUT2D eigenvalue weighted by Gasteiger charge is -2.35. The lowest BCUT2D eigenvalue weighted by atomic mass is 10.4. The van der Waals surface area contributed by atoms with E-state index in [1.807, 2.05) is 20.9 Å². The standard InChI is InChI=1S/C12H16ClN3O2S3/c1-2-21(17,18)10-8-19-5-3-16(10)11-9(7-13)15-4-6-20-12(15)14-11/h4,6,10H,2-3,5,7-8H2,1H3. The molecule has 21 heavy (non-hydrogen) atoms. The van der Waals surface area contributed by atoms with E-state index in [0.717, 1.165) is 22.2 Å². The Hall–Kier alpha value is -0.440. The minimum atomic E-state index is -3.15. The van der Waals surface area contributed by atoms with Crippen LogP contribution in [-0.4, -0.2) is 47.0 Å². The zero-order chi connectivity index (χ0) is 15.0. The minimum Gasteiger partial charge on any atom is -0.337 e. The summed E-state index contributed by atoms with van der Waals surface area (Å²) in [6, 6.07) is 0. The number of alkyl halides is 1. The van der Waals surface area contributed by atoms with Gasteiger partial charge in [-0.2, -0.15) is 11.8 Å². The van der Waals surface area contributed by atoms with Crippen LogP contribution in [0.3, 0.4) is 0 Å². The van der Waals surface area contributed by atoms with Crippen molar-refractivity contribution in [3.63, 3.8) is 0 Å². The van der Waals surface area contributed by atoms with E-state index >= 15 is 0 Å². The van der Waals surface area contributed by atoms with Crippen molar-refractivity contribution in [3.8, 4) is 0 Å². The Balaban J connectivity index is 2.08. The van der Waals surface area contributed by atoms with E-state index in [2.05, 4.69) is 4.98 Å². The second-order valence-electron chi connectivity index (χ2n) is 4.75. The summed E-state index contributed by atoms with van der Waals surface area (Å²) in [6.45, 7) is 2.38. The van der Waals surface area contributed by atoms with Gasteiger partial charge in [-0.1, -0.05) is 6.92 Å². The second kappa shape index (κ2) is 5.98. The number of anilines is 1. The Bertz CT molecular complexity index is 740. The molecule has 0 spiro atoms. The van der Waals surface area contributed by atoms with E-state index < -0.39 is 15.2 Å². The van der Waals surface area contributed by atoms with Crippen molar-refractivity contribution in [1.29, 1.82) is 0 Å². The molecular formula is C12H16ClN3O2S3. The number of thioether (sulfide) groups is 1. The number of sulfone groups is 1. The van der Waals surface area contributed by atoms with Gasteiger partial charge in [0.15, 0.2) is 20.6 Å². The Morgan fingerprint density at radius 2 is 2.33 bits per heavy atom. The number of rotatable bonds is 4. The van der Waals surface area contributed by atoms with Gasteiger partial charge < -0.3 is 4.90 Å². The summed E-state index contributed by atoms with van der Waals surface area (Å²) in [5.41, 5.74) is 0.871. The fourth-order valence-corrected chi connectivity index (χ4v) is 6.43. The number of thiazole rings is 1. The van der Waals surface area contributed by atoms with Crippen LogP contribution in [0.5, 0.6) is 0 Å². The summed E-state index contributed by atoms with van der Waals surface area (Å²) in [5, 5.41) is 1.45.